The Morgan fingerprint density at radius 3 is 2.82 bits per heavy atom. The van der Waals surface area contributed by atoms with E-state index in [1.165, 1.54) is 5.56 Å². The fourth-order valence-corrected chi connectivity index (χ4v) is 2.93. The minimum Gasteiger partial charge on any atom is -0.493 e. The molecule has 0 saturated heterocycles. The van der Waals surface area contributed by atoms with Crippen LogP contribution in [0.2, 0.25) is 0 Å². The van der Waals surface area contributed by atoms with Crippen LogP contribution in [-0.2, 0) is 6.42 Å². The molecule has 0 radical (unpaired) electrons. The van der Waals surface area contributed by atoms with Gasteiger partial charge in [0.25, 0.3) is 0 Å². The van der Waals surface area contributed by atoms with E-state index in [0.717, 1.165) is 35.2 Å². The van der Waals surface area contributed by atoms with Gasteiger partial charge >= 0.3 is 0 Å². The number of hydrogen-bond acceptors (Lipinski definition) is 1. The average Bonchev–Trinajstić information content (AvgIpc) is 2.74. The molecule has 1 aliphatic rings. The van der Waals surface area contributed by atoms with Gasteiger partial charge in [0.1, 0.15) is 5.75 Å². The number of hydrogen-bond donors (Lipinski definition) is 0. The number of rotatable bonds is 3. The highest BCUT2D eigenvalue weighted by molar-refractivity contribution is 9.10. The summed E-state index contributed by atoms with van der Waals surface area (Å²) in [6.07, 6.45) is 2.03. The molecule has 0 spiro atoms. The SMILES string of the molecule is CCC(C)(C)C(Cl)c1cc(Br)cc2c1OCC2. The molecule has 1 unspecified atom stereocenters. The van der Waals surface area contributed by atoms with E-state index in [1.807, 2.05) is 0 Å². The van der Waals surface area contributed by atoms with Gasteiger partial charge < -0.3 is 4.74 Å². The summed E-state index contributed by atoms with van der Waals surface area (Å²) in [6.45, 7) is 7.35. The maximum atomic E-state index is 6.65. The second-order valence-corrected chi connectivity index (χ2v) is 6.64. The van der Waals surface area contributed by atoms with Crippen molar-refractivity contribution in [2.75, 3.05) is 6.61 Å². The van der Waals surface area contributed by atoms with Crippen LogP contribution in [0, 0.1) is 5.41 Å². The highest BCUT2D eigenvalue weighted by Crippen LogP contribution is 2.47. The third kappa shape index (κ3) is 2.48. The van der Waals surface area contributed by atoms with Crippen LogP contribution < -0.4 is 4.74 Å². The first-order valence-electron chi connectivity index (χ1n) is 6.05. The fourth-order valence-electron chi connectivity index (χ4n) is 2.09. The molecule has 0 amide bonds. The minimum absolute atomic E-state index is 0.0168. The summed E-state index contributed by atoms with van der Waals surface area (Å²) in [5.74, 6) is 1.01. The van der Waals surface area contributed by atoms with E-state index >= 15 is 0 Å². The molecule has 1 aromatic rings. The van der Waals surface area contributed by atoms with E-state index in [0.29, 0.717) is 0 Å². The van der Waals surface area contributed by atoms with Crippen molar-refractivity contribution in [3.63, 3.8) is 0 Å². The first-order chi connectivity index (χ1) is 7.95. The van der Waals surface area contributed by atoms with Gasteiger partial charge in [0.15, 0.2) is 0 Å². The molecule has 1 aromatic carbocycles. The zero-order valence-corrected chi connectivity index (χ0v) is 12.9. The Morgan fingerprint density at radius 2 is 2.18 bits per heavy atom. The first kappa shape index (κ1) is 13.2. The van der Waals surface area contributed by atoms with Crippen LogP contribution in [0.1, 0.15) is 43.7 Å². The summed E-state index contributed by atoms with van der Waals surface area (Å²) in [6, 6.07) is 4.23. The van der Waals surface area contributed by atoms with Crippen molar-refractivity contribution in [3.8, 4) is 5.75 Å². The number of halogens is 2. The monoisotopic (exact) mass is 316 g/mol. The van der Waals surface area contributed by atoms with Crippen LogP contribution in [0.5, 0.6) is 5.75 Å². The molecular formula is C14H18BrClO. The molecule has 0 aliphatic carbocycles. The van der Waals surface area contributed by atoms with Crippen LogP contribution in [0.4, 0.5) is 0 Å². The quantitative estimate of drug-likeness (QED) is 0.705. The lowest BCUT2D eigenvalue weighted by atomic mass is 9.82. The number of alkyl halides is 1. The number of ether oxygens (including phenoxy) is 1. The lowest BCUT2D eigenvalue weighted by Gasteiger charge is -2.30. The summed E-state index contributed by atoms with van der Waals surface area (Å²) in [5, 5.41) is -0.0168. The highest BCUT2D eigenvalue weighted by atomic mass is 79.9. The normalized spacial score (nSPS) is 16.5. The third-order valence-electron chi connectivity index (χ3n) is 3.65. The molecule has 2 rings (SSSR count). The Balaban J connectivity index is 2.45. The van der Waals surface area contributed by atoms with Gasteiger partial charge in [0, 0.05) is 16.5 Å². The van der Waals surface area contributed by atoms with E-state index in [4.69, 9.17) is 16.3 Å². The van der Waals surface area contributed by atoms with Crippen molar-refractivity contribution >= 4 is 27.5 Å². The molecule has 17 heavy (non-hydrogen) atoms. The molecule has 94 valence electrons. The van der Waals surface area contributed by atoms with Crippen LogP contribution in [0.3, 0.4) is 0 Å². The maximum Gasteiger partial charge on any atom is 0.127 e. The Bertz CT molecular complexity index is 428. The van der Waals surface area contributed by atoms with Crippen molar-refractivity contribution in [3.05, 3.63) is 27.7 Å². The van der Waals surface area contributed by atoms with Gasteiger partial charge in [0.2, 0.25) is 0 Å². The fraction of sp³-hybridized carbons (Fsp3) is 0.571. The smallest absolute Gasteiger partial charge is 0.127 e. The van der Waals surface area contributed by atoms with Gasteiger partial charge in [-0.25, -0.2) is 0 Å². The molecule has 1 nitrogen and oxygen atoms in total. The van der Waals surface area contributed by atoms with Crippen molar-refractivity contribution in [1.29, 1.82) is 0 Å². The Morgan fingerprint density at radius 1 is 1.47 bits per heavy atom. The Kier molecular flexibility index (Phi) is 3.74. The van der Waals surface area contributed by atoms with Crippen molar-refractivity contribution in [2.45, 2.75) is 39.0 Å². The van der Waals surface area contributed by atoms with Gasteiger partial charge in [-0.2, -0.15) is 0 Å². The average molecular weight is 318 g/mol. The van der Waals surface area contributed by atoms with Gasteiger partial charge in [-0.1, -0.05) is 36.7 Å². The van der Waals surface area contributed by atoms with E-state index in [9.17, 15) is 0 Å². The molecule has 1 heterocycles. The van der Waals surface area contributed by atoms with Crippen molar-refractivity contribution in [2.24, 2.45) is 5.41 Å². The first-order valence-corrected chi connectivity index (χ1v) is 7.28. The molecular weight excluding hydrogens is 300 g/mol. The topological polar surface area (TPSA) is 9.23 Å². The summed E-state index contributed by atoms with van der Waals surface area (Å²) >= 11 is 10.2. The second kappa shape index (κ2) is 4.81. The van der Waals surface area contributed by atoms with Gasteiger partial charge in [0.05, 0.1) is 12.0 Å². The molecule has 0 bridgehead atoms. The zero-order chi connectivity index (χ0) is 12.6. The summed E-state index contributed by atoms with van der Waals surface area (Å²) in [4.78, 5) is 0. The summed E-state index contributed by atoms with van der Waals surface area (Å²) < 4.78 is 6.83. The molecule has 1 atom stereocenters. The lowest BCUT2D eigenvalue weighted by molar-refractivity contribution is 0.317. The van der Waals surface area contributed by atoms with Crippen LogP contribution in [0.15, 0.2) is 16.6 Å². The molecule has 3 heteroatoms. The van der Waals surface area contributed by atoms with E-state index in [2.05, 4.69) is 48.8 Å². The van der Waals surface area contributed by atoms with Crippen molar-refractivity contribution in [1.82, 2.24) is 0 Å². The van der Waals surface area contributed by atoms with Gasteiger partial charge in [-0.05, 0) is 29.5 Å². The van der Waals surface area contributed by atoms with Crippen LogP contribution >= 0.6 is 27.5 Å². The van der Waals surface area contributed by atoms with Gasteiger partial charge in [-0.3, -0.25) is 0 Å². The predicted octanol–water partition coefficient (Wildman–Crippen LogP) is 5.10. The van der Waals surface area contributed by atoms with Crippen LogP contribution in [-0.4, -0.2) is 6.61 Å². The van der Waals surface area contributed by atoms with E-state index < -0.39 is 0 Å². The second-order valence-electron chi connectivity index (χ2n) is 5.29. The maximum absolute atomic E-state index is 6.65. The highest BCUT2D eigenvalue weighted by Gasteiger charge is 2.32. The van der Waals surface area contributed by atoms with Crippen LogP contribution in [0.25, 0.3) is 0 Å². The number of fused-ring (bicyclic) bond motifs is 1. The lowest BCUT2D eigenvalue weighted by Crippen LogP contribution is -2.17. The Hall–Kier alpha value is -0.210. The standard InChI is InChI=1S/C14H18BrClO/c1-4-14(2,3)13(16)11-8-10(15)7-9-5-6-17-12(9)11/h7-8,13H,4-6H2,1-3H3. The molecule has 1 aliphatic heterocycles. The summed E-state index contributed by atoms with van der Waals surface area (Å²) in [5.41, 5.74) is 2.47. The number of benzene rings is 1. The Labute approximate surface area is 117 Å². The summed E-state index contributed by atoms with van der Waals surface area (Å²) in [7, 11) is 0. The third-order valence-corrected chi connectivity index (χ3v) is 4.93. The van der Waals surface area contributed by atoms with Gasteiger partial charge in [-0.15, -0.1) is 11.6 Å². The zero-order valence-electron chi connectivity index (χ0n) is 10.5. The largest absolute Gasteiger partial charge is 0.493 e. The minimum atomic E-state index is -0.0168. The molecule has 0 saturated carbocycles. The molecule has 0 N–H and O–H groups in total. The van der Waals surface area contributed by atoms with E-state index in [1.54, 1.807) is 0 Å². The van der Waals surface area contributed by atoms with E-state index in [-0.39, 0.29) is 10.8 Å². The predicted molar refractivity (Wildman–Crippen MR) is 76.0 cm³/mol. The van der Waals surface area contributed by atoms with Crippen molar-refractivity contribution < 1.29 is 4.74 Å². The molecule has 0 aromatic heterocycles. The molecule has 0 fully saturated rings.